The molecule has 0 aliphatic heterocycles. The Kier molecular flexibility index (Phi) is 3.06. The zero-order chi connectivity index (χ0) is 11.8. The van der Waals surface area contributed by atoms with Gasteiger partial charge in [-0.3, -0.25) is 0 Å². The maximum Gasteiger partial charge on any atom is 0.0339 e. The lowest BCUT2D eigenvalue weighted by atomic mass is 9.64. The first-order valence-electron chi connectivity index (χ1n) is 5.91. The molecule has 1 nitrogen and oxygen atoms in total. The normalized spacial score (nSPS) is 21.5. The van der Waals surface area contributed by atoms with Crippen LogP contribution in [-0.2, 0) is 0 Å². The lowest BCUT2D eigenvalue weighted by Gasteiger charge is -2.52. The fraction of sp³-hybridized carbons (Fsp3) is 0.571. The highest BCUT2D eigenvalue weighted by Gasteiger charge is 2.48. The quantitative estimate of drug-likeness (QED) is 0.866. The van der Waals surface area contributed by atoms with E-state index in [0.29, 0.717) is 5.41 Å². The molecule has 1 aromatic carbocycles. The number of hydrogen-bond acceptors (Lipinski definition) is 2. The third-order valence-electron chi connectivity index (χ3n) is 3.30. The second kappa shape index (κ2) is 4.08. The molecule has 0 atom stereocenters. The largest absolute Gasteiger partial charge is 0.329 e. The molecule has 0 radical (unpaired) electrons. The van der Waals surface area contributed by atoms with Gasteiger partial charge in [0.1, 0.15) is 0 Å². The van der Waals surface area contributed by atoms with Crippen LogP contribution >= 0.6 is 11.8 Å². The molecule has 1 aromatic rings. The number of nitrogens with two attached hydrogens (primary N) is 1. The van der Waals surface area contributed by atoms with E-state index in [1.54, 1.807) is 0 Å². The van der Waals surface area contributed by atoms with E-state index >= 15 is 0 Å². The summed E-state index contributed by atoms with van der Waals surface area (Å²) in [7, 11) is 0. The summed E-state index contributed by atoms with van der Waals surface area (Å²) in [6.07, 6.45) is 2.46. The van der Waals surface area contributed by atoms with E-state index in [1.807, 2.05) is 11.8 Å². The van der Waals surface area contributed by atoms with Crippen LogP contribution in [0.4, 0.5) is 0 Å². The smallest absolute Gasteiger partial charge is 0.0339 e. The van der Waals surface area contributed by atoms with E-state index < -0.39 is 0 Å². The van der Waals surface area contributed by atoms with Crippen molar-refractivity contribution in [1.82, 2.24) is 0 Å². The molecule has 0 heterocycles. The third kappa shape index (κ3) is 2.44. The highest BCUT2D eigenvalue weighted by atomic mass is 32.2. The second-order valence-electron chi connectivity index (χ2n) is 5.82. The Labute approximate surface area is 103 Å². The van der Waals surface area contributed by atoms with E-state index in [0.717, 1.165) is 6.54 Å². The van der Waals surface area contributed by atoms with Crippen LogP contribution in [0.2, 0.25) is 0 Å². The van der Waals surface area contributed by atoms with Gasteiger partial charge in [0.25, 0.3) is 0 Å². The van der Waals surface area contributed by atoms with Gasteiger partial charge in [0.2, 0.25) is 0 Å². The average Bonchev–Trinajstić information content (AvgIpc) is 2.14. The second-order valence-corrected chi connectivity index (χ2v) is 7.37. The minimum Gasteiger partial charge on any atom is -0.329 e. The van der Waals surface area contributed by atoms with Crippen molar-refractivity contribution < 1.29 is 0 Å². The minimum absolute atomic E-state index is 0.289. The molecule has 2 heteroatoms. The van der Waals surface area contributed by atoms with Crippen LogP contribution in [0.1, 0.15) is 32.3 Å². The summed E-state index contributed by atoms with van der Waals surface area (Å²) < 4.78 is 0.289. The Hall–Kier alpha value is -0.470. The molecule has 1 saturated carbocycles. The highest BCUT2D eigenvalue weighted by Crippen LogP contribution is 2.56. The zero-order valence-electron chi connectivity index (χ0n) is 10.4. The zero-order valence-corrected chi connectivity index (χ0v) is 11.2. The molecule has 88 valence electrons. The van der Waals surface area contributed by atoms with Crippen LogP contribution in [0, 0.1) is 12.3 Å². The van der Waals surface area contributed by atoms with Crippen molar-refractivity contribution in [1.29, 1.82) is 0 Å². The lowest BCUT2D eigenvalue weighted by Crippen LogP contribution is -2.51. The highest BCUT2D eigenvalue weighted by molar-refractivity contribution is 8.00. The standard InChI is InChI=1S/C14H21NS/c1-11-5-4-6-12(7-11)16-14(10-15)8-13(2,3)9-14/h4-7H,8-10,15H2,1-3H3. The van der Waals surface area contributed by atoms with Gasteiger partial charge in [0.05, 0.1) is 0 Å². The van der Waals surface area contributed by atoms with Gasteiger partial charge in [-0.1, -0.05) is 31.5 Å². The first kappa shape index (κ1) is 12.0. The summed E-state index contributed by atoms with van der Waals surface area (Å²) in [6.45, 7) is 7.59. The van der Waals surface area contributed by atoms with Crippen molar-refractivity contribution >= 4 is 11.8 Å². The molecule has 0 aromatic heterocycles. The van der Waals surface area contributed by atoms with Crippen LogP contribution < -0.4 is 5.73 Å². The van der Waals surface area contributed by atoms with Gasteiger partial charge in [-0.25, -0.2) is 0 Å². The van der Waals surface area contributed by atoms with E-state index in [-0.39, 0.29) is 4.75 Å². The molecule has 1 fully saturated rings. The summed E-state index contributed by atoms with van der Waals surface area (Å²) in [5.74, 6) is 0. The summed E-state index contributed by atoms with van der Waals surface area (Å²) >= 11 is 1.97. The van der Waals surface area contributed by atoms with Gasteiger partial charge in [0.15, 0.2) is 0 Å². The number of aryl methyl sites for hydroxylation is 1. The molecule has 0 unspecified atom stereocenters. The topological polar surface area (TPSA) is 26.0 Å². The number of rotatable bonds is 3. The van der Waals surface area contributed by atoms with Crippen molar-refractivity contribution in [3.05, 3.63) is 29.8 Å². The summed E-state index contributed by atoms with van der Waals surface area (Å²) in [6, 6.07) is 8.73. The molecule has 1 aliphatic rings. The predicted octanol–water partition coefficient (Wildman–Crippen LogP) is 3.60. The number of thioether (sulfide) groups is 1. The van der Waals surface area contributed by atoms with Crippen molar-refractivity contribution in [2.75, 3.05) is 6.54 Å². The molecule has 2 N–H and O–H groups in total. The molecule has 2 rings (SSSR count). The monoisotopic (exact) mass is 235 g/mol. The molecule has 1 aliphatic carbocycles. The summed E-state index contributed by atoms with van der Waals surface area (Å²) in [4.78, 5) is 1.36. The molecular weight excluding hydrogens is 214 g/mol. The molecule has 0 saturated heterocycles. The minimum atomic E-state index is 0.289. The van der Waals surface area contributed by atoms with Gasteiger partial charge in [0, 0.05) is 16.2 Å². The van der Waals surface area contributed by atoms with E-state index in [4.69, 9.17) is 5.73 Å². The van der Waals surface area contributed by atoms with E-state index in [2.05, 4.69) is 45.0 Å². The third-order valence-corrected chi connectivity index (χ3v) is 4.68. The van der Waals surface area contributed by atoms with Crippen molar-refractivity contribution in [3.63, 3.8) is 0 Å². The molecule has 0 spiro atoms. The Morgan fingerprint density at radius 3 is 2.50 bits per heavy atom. The Morgan fingerprint density at radius 2 is 2.00 bits per heavy atom. The molecule has 16 heavy (non-hydrogen) atoms. The van der Waals surface area contributed by atoms with Gasteiger partial charge in [-0.2, -0.15) is 0 Å². The van der Waals surface area contributed by atoms with Crippen LogP contribution in [0.5, 0.6) is 0 Å². The van der Waals surface area contributed by atoms with Crippen LogP contribution in [-0.4, -0.2) is 11.3 Å². The summed E-state index contributed by atoms with van der Waals surface area (Å²) in [5, 5.41) is 0. The first-order chi connectivity index (χ1) is 7.45. The van der Waals surface area contributed by atoms with Crippen molar-refractivity contribution in [3.8, 4) is 0 Å². The Morgan fingerprint density at radius 1 is 1.31 bits per heavy atom. The van der Waals surface area contributed by atoms with Gasteiger partial charge in [-0.15, -0.1) is 11.8 Å². The van der Waals surface area contributed by atoms with Crippen LogP contribution in [0.15, 0.2) is 29.2 Å². The SMILES string of the molecule is Cc1cccc(SC2(CN)CC(C)(C)C2)c1. The lowest BCUT2D eigenvalue weighted by molar-refractivity contribution is 0.132. The van der Waals surface area contributed by atoms with E-state index in [1.165, 1.54) is 23.3 Å². The Balaban J connectivity index is 2.09. The fourth-order valence-electron chi connectivity index (χ4n) is 2.88. The molecular formula is C14H21NS. The average molecular weight is 235 g/mol. The van der Waals surface area contributed by atoms with E-state index in [9.17, 15) is 0 Å². The van der Waals surface area contributed by atoms with Gasteiger partial charge in [-0.05, 0) is 37.3 Å². The van der Waals surface area contributed by atoms with Gasteiger partial charge >= 0.3 is 0 Å². The van der Waals surface area contributed by atoms with Gasteiger partial charge < -0.3 is 5.73 Å². The first-order valence-corrected chi connectivity index (χ1v) is 6.72. The molecule has 0 amide bonds. The maximum absolute atomic E-state index is 5.95. The Bertz CT molecular complexity index is 376. The van der Waals surface area contributed by atoms with Crippen LogP contribution in [0.25, 0.3) is 0 Å². The maximum atomic E-state index is 5.95. The summed E-state index contributed by atoms with van der Waals surface area (Å²) in [5.41, 5.74) is 7.77. The number of hydrogen-bond donors (Lipinski definition) is 1. The number of benzene rings is 1. The fourth-order valence-corrected chi connectivity index (χ4v) is 4.78. The molecule has 0 bridgehead atoms. The predicted molar refractivity (Wildman–Crippen MR) is 71.8 cm³/mol. The van der Waals surface area contributed by atoms with Crippen molar-refractivity contribution in [2.45, 2.75) is 43.3 Å². The van der Waals surface area contributed by atoms with Crippen molar-refractivity contribution in [2.24, 2.45) is 11.1 Å². The van der Waals surface area contributed by atoms with Crippen LogP contribution in [0.3, 0.4) is 0 Å².